The predicted octanol–water partition coefficient (Wildman–Crippen LogP) is 5.56. The standard InChI is InChI=1S/C22H23ClN2O2/c1-14(2)13-27-22(26)25-11-10-17-18-12-16(23)8-9-19(18)24-20(17)21(25)15-6-4-3-5-7-15/h3-9,12,14,21,24H,10-11,13H2,1-2H3. The van der Waals surface area contributed by atoms with E-state index in [0.29, 0.717) is 19.1 Å². The second kappa shape index (κ2) is 7.28. The minimum atomic E-state index is -0.264. The molecule has 1 unspecified atom stereocenters. The molecule has 0 fully saturated rings. The van der Waals surface area contributed by atoms with E-state index in [4.69, 9.17) is 16.3 Å². The fourth-order valence-electron chi connectivity index (χ4n) is 3.76. The molecular weight excluding hydrogens is 360 g/mol. The summed E-state index contributed by atoms with van der Waals surface area (Å²) in [5.74, 6) is 0.305. The molecule has 1 aliphatic heterocycles. The van der Waals surface area contributed by atoms with Crippen molar-refractivity contribution in [1.82, 2.24) is 9.88 Å². The molecule has 0 saturated heterocycles. The second-order valence-corrected chi connectivity index (χ2v) is 7.87. The molecule has 27 heavy (non-hydrogen) atoms. The van der Waals surface area contributed by atoms with E-state index < -0.39 is 0 Å². The zero-order chi connectivity index (χ0) is 19.0. The summed E-state index contributed by atoms with van der Waals surface area (Å²) in [4.78, 5) is 18.2. The van der Waals surface area contributed by atoms with Crippen molar-refractivity contribution in [1.29, 1.82) is 0 Å². The first-order valence-electron chi connectivity index (χ1n) is 9.33. The van der Waals surface area contributed by atoms with Crippen LogP contribution in [0.3, 0.4) is 0 Å². The van der Waals surface area contributed by atoms with E-state index in [1.165, 1.54) is 5.56 Å². The maximum Gasteiger partial charge on any atom is 0.410 e. The lowest BCUT2D eigenvalue weighted by molar-refractivity contribution is 0.0797. The lowest BCUT2D eigenvalue weighted by atomic mass is 9.93. The number of halogens is 1. The smallest absolute Gasteiger partial charge is 0.410 e. The average Bonchev–Trinajstić information content (AvgIpc) is 3.03. The highest BCUT2D eigenvalue weighted by molar-refractivity contribution is 6.31. The van der Waals surface area contributed by atoms with Gasteiger partial charge in [-0.2, -0.15) is 0 Å². The van der Waals surface area contributed by atoms with Crippen LogP contribution in [0.25, 0.3) is 10.9 Å². The summed E-state index contributed by atoms with van der Waals surface area (Å²) in [6.07, 6.45) is 0.510. The van der Waals surface area contributed by atoms with E-state index in [0.717, 1.165) is 33.6 Å². The van der Waals surface area contributed by atoms with Crippen LogP contribution in [-0.4, -0.2) is 29.1 Å². The Morgan fingerprint density at radius 2 is 2.04 bits per heavy atom. The van der Waals surface area contributed by atoms with Gasteiger partial charge in [-0.15, -0.1) is 0 Å². The highest BCUT2D eigenvalue weighted by Gasteiger charge is 2.35. The molecular formula is C22H23ClN2O2. The molecule has 1 N–H and O–H groups in total. The molecule has 4 nitrogen and oxygen atoms in total. The van der Waals surface area contributed by atoms with Gasteiger partial charge in [0.1, 0.15) is 6.04 Å². The Bertz CT molecular complexity index is 965. The molecule has 3 aromatic rings. The zero-order valence-corrected chi connectivity index (χ0v) is 16.3. The molecule has 1 aliphatic rings. The largest absolute Gasteiger partial charge is 0.449 e. The van der Waals surface area contributed by atoms with Gasteiger partial charge in [-0.25, -0.2) is 4.79 Å². The molecule has 1 atom stereocenters. The van der Waals surface area contributed by atoms with E-state index in [1.807, 2.05) is 55.1 Å². The van der Waals surface area contributed by atoms with Crippen molar-refractivity contribution in [3.8, 4) is 0 Å². The maximum atomic E-state index is 12.8. The van der Waals surface area contributed by atoms with E-state index in [9.17, 15) is 4.79 Å². The van der Waals surface area contributed by atoms with Gasteiger partial charge in [0, 0.05) is 28.2 Å². The van der Waals surface area contributed by atoms with Crippen molar-refractivity contribution in [3.63, 3.8) is 0 Å². The Balaban J connectivity index is 1.79. The van der Waals surface area contributed by atoms with Crippen molar-refractivity contribution < 1.29 is 9.53 Å². The number of carbonyl (C=O) groups excluding carboxylic acids is 1. The molecule has 0 bridgehead atoms. The van der Waals surface area contributed by atoms with Gasteiger partial charge in [0.2, 0.25) is 0 Å². The number of rotatable bonds is 3. The zero-order valence-electron chi connectivity index (χ0n) is 15.5. The number of carbonyl (C=O) groups is 1. The van der Waals surface area contributed by atoms with Gasteiger partial charge in [0.15, 0.2) is 0 Å². The monoisotopic (exact) mass is 382 g/mol. The van der Waals surface area contributed by atoms with Gasteiger partial charge in [-0.1, -0.05) is 55.8 Å². The topological polar surface area (TPSA) is 45.3 Å². The quantitative estimate of drug-likeness (QED) is 0.644. The van der Waals surface area contributed by atoms with Gasteiger partial charge < -0.3 is 9.72 Å². The van der Waals surface area contributed by atoms with Gasteiger partial charge in [0.25, 0.3) is 0 Å². The summed E-state index contributed by atoms with van der Waals surface area (Å²) in [6.45, 7) is 5.12. The fourth-order valence-corrected chi connectivity index (χ4v) is 3.93. The molecule has 2 heterocycles. The molecule has 0 spiro atoms. The predicted molar refractivity (Wildman–Crippen MR) is 108 cm³/mol. The van der Waals surface area contributed by atoms with Gasteiger partial charge in [-0.3, -0.25) is 4.90 Å². The Morgan fingerprint density at radius 1 is 1.26 bits per heavy atom. The van der Waals surface area contributed by atoms with E-state index in [1.54, 1.807) is 0 Å². The van der Waals surface area contributed by atoms with E-state index in [2.05, 4.69) is 17.1 Å². The number of hydrogen-bond donors (Lipinski definition) is 1. The van der Waals surface area contributed by atoms with Crippen LogP contribution in [0.4, 0.5) is 4.79 Å². The van der Waals surface area contributed by atoms with Crippen molar-refractivity contribution in [3.05, 3.63) is 70.4 Å². The van der Waals surface area contributed by atoms with Crippen LogP contribution in [0.5, 0.6) is 0 Å². The highest BCUT2D eigenvalue weighted by Crippen LogP contribution is 2.39. The van der Waals surface area contributed by atoms with Crippen LogP contribution in [-0.2, 0) is 11.2 Å². The number of aromatic amines is 1. The number of amides is 1. The first-order valence-corrected chi connectivity index (χ1v) is 9.70. The SMILES string of the molecule is CC(C)COC(=O)N1CCc2c([nH]c3ccc(Cl)cc23)C1c1ccccc1. The Morgan fingerprint density at radius 3 is 2.78 bits per heavy atom. The first kappa shape index (κ1) is 17.9. The molecule has 0 radical (unpaired) electrons. The van der Waals surface area contributed by atoms with Crippen LogP contribution in [0, 0.1) is 5.92 Å². The third-order valence-electron chi connectivity index (χ3n) is 4.98. The number of nitrogens with zero attached hydrogens (tertiary/aromatic N) is 1. The number of hydrogen-bond acceptors (Lipinski definition) is 2. The van der Waals surface area contributed by atoms with Crippen LogP contribution in [0.2, 0.25) is 5.02 Å². The third kappa shape index (κ3) is 3.42. The Labute approximate surface area is 164 Å². The Hall–Kier alpha value is -2.46. The van der Waals surface area contributed by atoms with Crippen molar-refractivity contribution in [2.75, 3.05) is 13.2 Å². The number of ether oxygens (including phenoxy) is 1. The highest BCUT2D eigenvalue weighted by atomic mass is 35.5. The fraction of sp³-hybridized carbons (Fsp3) is 0.318. The van der Waals surface area contributed by atoms with Crippen LogP contribution in [0.1, 0.15) is 36.7 Å². The summed E-state index contributed by atoms with van der Waals surface area (Å²) < 4.78 is 5.55. The van der Waals surface area contributed by atoms with Crippen molar-refractivity contribution in [2.45, 2.75) is 26.3 Å². The van der Waals surface area contributed by atoms with Crippen LogP contribution < -0.4 is 0 Å². The van der Waals surface area contributed by atoms with Gasteiger partial charge >= 0.3 is 6.09 Å². The van der Waals surface area contributed by atoms with Gasteiger partial charge in [-0.05, 0) is 41.7 Å². The molecule has 4 rings (SSSR count). The number of benzene rings is 2. The van der Waals surface area contributed by atoms with Crippen LogP contribution in [0.15, 0.2) is 48.5 Å². The molecule has 1 amide bonds. The van der Waals surface area contributed by atoms with E-state index in [-0.39, 0.29) is 12.1 Å². The molecule has 5 heteroatoms. The van der Waals surface area contributed by atoms with Crippen molar-refractivity contribution >= 4 is 28.6 Å². The minimum absolute atomic E-state index is 0.194. The summed E-state index contributed by atoms with van der Waals surface area (Å²) in [5, 5.41) is 1.85. The normalized spacial score (nSPS) is 16.6. The minimum Gasteiger partial charge on any atom is -0.449 e. The molecule has 140 valence electrons. The summed E-state index contributed by atoms with van der Waals surface area (Å²) in [5.41, 5.74) is 4.39. The van der Waals surface area contributed by atoms with Crippen LogP contribution >= 0.6 is 11.6 Å². The van der Waals surface area contributed by atoms with Gasteiger partial charge in [0.05, 0.1) is 6.61 Å². The number of H-pyrrole nitrogens is 1. The molecule has 0 saturated carbocycles. The lowest BCUT2D eigenvalue weighted by Gasteiger charge is -2.35. The molecule has 1 aromatic heterocycles. The van der Waals surface area contributed by atoms with E-state index >= 15 is 0 Å². The second-order valence-electron chi connectivity index (χ2n) is 7.43. The lowest BCUT2D eigenvalue weighted by Crippen LogP contribution is -2.41. The summed E-state index contributed by atoms with van der Waals surface area (Å²) >= 11 is 6.22. The third-order valence-corrected chi connectivity index (χ3v) is 5.21. The maximum absolute atomic E-state index is 12.8. The molecule has 0 aliphatic carbocycles. The summed E-state index contributed by atoms with van der Waals surface area (Å²) in [6, 6.07) is 15.8. The number of nitrogens with one attached hydrogen (secondary N) is 1. The summed E-state index contributed by atoms with van der Waals surface area (Å²) in [7, 11) is 0. The number of fused-ring (bicyclic) bond motifs is 3. The average molecular weight is 383 g/mol. The molecule has 2 aromatic carbocycles. The van der Waals surface area contributed by atoms with Crippen molar-refractivity contribution in [2.24, 2.45) is 5.92 Å². The first-order chi connectivity index (χ1) is 13.0. The number of aromatic nitrogens is 1. The Kier molecular flexibility index (Phi) is 4.83.